The zero-order chi connectivity index (χ0) is 16.9. The summed E-state index contributed by atoms with van der Waals surface area (Å²) in [4.78, 5) is 18.3. The molecule has 0 aromatic carbocycles. The van der Waals surface area contributed by atoms with E-state index in [2.05, 4.69) is 22.7 Å². The van der Waals surface area contributed by atoms with Gasteiger partial charge in [-0.3, -0.25) is 15.1 Å². The van der Waals surface area contributed by atoms with E-state index < -0.39 is 6.10 Å². The van der Waals surface area contributed by atoms with Crippen molar-refractivity contribution in [1.82, 2.24) is 16.1 Å². The summed E-state index contributed by atoms with van der Waals surface area (Å²) in [6.45, 7) is 7.81. The van der Waals surface area contributed by atoms with Crippen molar-refractivity contribution in [2.75, 3.05) is 13.1 Å². The van der Waals surface area contributed by atoms with Crippen LogP contribution in [-0.4, -0.2) is 31.1 Å². The summed E-state index contributed by atoms with van der Waals surface area (Å²) in [6.07, 6.45) is 10.6. The molecule has 5 nitrogen and oxygen atoms in total. The van der Waals surface area contributed by atoms with Gasteiger partial charge in [0.2, 0.25) is 0 Å². The van der Waals surface area contributed by atoms with Gasteiger partial charge in [0.1, 0.15) is 0 Å². The van der Waals surface area contributed by atoms with E-state index in [4.69, 9.17) is 4.84 Å². The predicted octanol–water partition coefficient (Wildman–Crippen LogP) is 2.19. The molecule has 5 heteroatoms. The van der Waals surface area contributed by atoms with E-state index in [1.807, 2.05) is 19.1 Å². The lowest BCUT2D eigenvalue weighted by Crippen LogP contribution is -2.52. The largest absolute Gasteiger partial charge is 0.350 e. The van der Waals surface area contributed by atoms with Gasteiger partial charge in [-0.15, -0.1) is 0 Å². The van der Waals surface area contributed by atoms with Gasteiger partial charge >= 0.3 is 0 Å². The predicted molar refractivity (Wildman–Crippen MR) is 94.9 cm³/mol. The third-order valence-corrected chi connectivity index (χ3v) is 5.24. The lowest BCUT2D eigenvalue weighted by Gasteiger charge is -2.34. The zero-order valence-electron chi connectivity index (χ0n) is 14.5. The molecule has 0 aromatic rings. The molecule has 132 valence electrons. The minimum Gasteiger partial charge on any atom is -0.350 e. The number of amides is 1. The summed E-state index contributed by atoms with van der Waals surface area (Å²) < 4.78 is 0. The number of allylic oxidation sites excluding steroid dienone is 4. The minimum absolute atomic E-state index is 0.00455. The topological polar surface area (TPSA) is 62.4 Å². The fraction of sp³-hybridized carbons (Fsp3) is 0.632. The molecule has 1 aliphatic carbocycles. The normalized spacial score (nSPS) is 32.2. The molecule has 1 saturated carbocycles. The number of carbonyl (C=O) groups is 1. The Morgan fingerprint density at radius 3 is 2.83 bits per heavy atom. The smallest absolute Gasteiger partial charge is 0.252 e. The Morgan fingerprint density at radius 1 is 1.38 bits per heavy atom. The van der Waals surface area contributed by atoms with Crippen molar-refractivity contribution >= 4 is 5.91 Å². The highest BCUT2D eigenvalue weighted by Crippen LogP contribution is 2.37. The van der Waals surface area contributed by atoms with E-state index in [0.29, 0.717) is 18.3 Å². The maximum absolute atomic E-state index is 12.8. The Balaban J connectivity index is 1.62. The number of hydrogen-bond donors (Lipinski definition) is 3. The minimum atomic E-state index is -0.488. The first kappa shape index (κ1) is 17.2. The Hall–Kier alpha value is -1.59. The average Bonchev–Trinajstić information content (AvgIpc) is 3.45. The number of piperidine rings is 1. The Kier molecular flexibility index (Phi) is 5.74. The van der Waals surface area contributed by atoms with Gasteiger partial charge in [0.15, 0.2) is 6.10 Å². The highest BCUT2D eigenvalue weighted by atomic mass is 16.7. The molecule has 3 aliphatic rings. The molecule has 3 fully saturated rings. The van der Waals surface area contributed by atoms with E-state index in [1.165, 1.54) is 25.7 Å². The number of rotatable bonds is 5. The zero-order valence-corrected chi connectivity index (χ0v) is 14.5. The van der Waals surface area contributed by atoms with Crippen LogP contribution in [-0.2, 0) is 9.63 Å². The molecule has 1 amide bonds. The van der Waals surface area contributed by atoms with Gasteiger partial charge in [-0.2, -0.15) is 0 Å². The Morgan fingerprint density at radius 2 is 2.21 bits per heavy atom. The van der Waals surface area contributed by atoms with Crippen LogP contribution in [0.15, 0.2) is 36.1 Å². The summed E-state index contributed by atoms with van der Waals surface area (Å²) in [5.41, 5.74) is 4.87. The van der Waals surface area contributed by atoms with Crippen LogP contribution in [0.4, 0.5) is 0 Å². The first-order chi connectivity index (χ1) is 11.7. The van der Waals surface area contributed by atoms with E-state index in [-0.39, 0.29) is 11.9 Å². The second-order valence-corrected chi connectivity index (χ2v) is 7.02. The van der Waals surface area contributed by atoms with Crippen molar-refractivity contribution in [3.8, 4) is 0 Å². The van der Waals surface area contributed by atoms with E-state index in [1.54, 1.807) is 6.08 Å². The van der Waals surface area contributed by atoms with E-state index in [0.717, 1.165) is 24.4 Å². The van der Waals surface area contributed by atoms with Gasteiger partial charge < -0.3 is 10.6 Å². The molecular weight excluding hydrogens is 302 g/mol. The van der Waals surface area contributed by atoms with Crippen LogP contribution in [0.3, 0.4) is 0 Å². The standard InChI is InChI=1S/C19H29N3O2/c1-3-6-14-11-17(24-22-16(14)4-2)19(23)21-18(13-8-9-13)15-7-5-10-20-12-15/h3-4,6,13,15,17-18,20,22H,1,5,7-12H2,2H3,(H,21,23)/b14-6-,16-4-. The van der Waals surface area contributed by atoms with Crippen LogP contribution < -0.4 is 16.1 Å². The Bertz CT molecular complexity index is 531. The van der Waals surface area contributed by atoms with Gasteiger partial charge in [0.25, 0.3) is 5.91 Å². The van der Waals surface area contributed by atoms with Crippen molar-refractivity contribution in [3.63, 3.8) is 0 Å². The van der Waals surface area contributed by atoms with Crippen molar-refractivity contribution in [2.45, 2.75) is 51.2 Å². The first-order valence-electron chi connectivity index (χ1n) is 9.14. The highest BCUT2D eigenvalue weighted by molar-refractivity contribution is 5.82. The maximum Gasteiger partial charge on any atom is 0.252 e. The molecule has 0 aromatic heterocycles. The molecule has 2 heterocycles. The summed E-state index contributed by atoms with van der Waals surface area (Å²) in [7, 11) is 0. The molecule has 2 saturated heterocycles. The molecule has 2 aliphatic heterocycles. The SMILES string of the molecule is C=C/C=C1/CC(C(=O)NC(C2CC2)C2CCCNC2)ON/C1=C\C. The lowest BCUT2D eigenvalue weighted by atomic mass is 9.88. The number of hydrogen-bond acceptors (Lipinski definition) is 4. The number of carbonyl (C=O) groups excluding carboxylic acids is 1. The summed E-state index contributed by atoms with van der Waals surface area (Å²) in [5.74, 6) is 1.18. The molecule has 3 N–H and O–H groups in total. The van der Waals surface area contributed by atoms with Crippen LogP contribution in [0.5, 0.6) is 0 Å². The van der Waals surface area contributed by atoms with Crippen LogP contribution in [0.25, 0.3) is 0 Å². The Labute approximate surface area is 144 Å². The van der Waals surface area contributed by atoms with Crippen LogP contribution in [0, 0.1) is 11.8 Å². The third-order valence-electron chi connectivity index (χ3n) is 5.24. The van der Waals surface area contributed by atoms with Crippen LogP contribution in [0.2, 0.25) is 0 Å². The fourth-order valence-electron chi connectivity index (χ4n) is 3.76. The van der Waals surface area contributed by atoms with Crippen molar-refractivity contribution in [3.05, 3.63) is 36.1 Å². The van der Waals surface area contributed by atoms with Crippen molar-refractivity contribution < 1.29 is 9.63 Å². The highest BCUT2D eigenvalue weighted by Gasteiger charge is 2.39. The summed E-state index contributed by atoms with van der Waals surface area (Å²) in [6, 6.07) is 0.281. The van der Waals surface area contributed by atoms with Gasteiger partial charge in [-0.25, -0.2) is 0 Å². The van der Waals surface area contributed by atoms with E-state index in [9.17, 15) is 4.79 Å². The molecule has 3 rings (SSSR count). The van der Waals surface area contributed by atoms with Gasteiger partial charge in [0.05, 0.1) is 5.70 Å². The molecule has 3 unspecified atom stereocenters. The quantitative estimate of drug-likeness (QED) is 0.723. The molecule has 0 radical (unpaired) electrons. The number of hydroxylamine groups is 1. The van der Waals surface area contributed by atoms with Gasteiger partial charge in [-0.05, 0) is 63.1 Å². The van der Waals surface area contributed by atoms with Crippen molar-refractivity contribution in [2.24, 2.45) is 11.8 Å². The summed E-state index contributed by atoms with van der Waals surface area (Å²) >= 11 is 0. The van der Waals surface area contributed by atoms with Crippen LogP contribution in [0.1, 0.15) is 39.0 Å². The monoisotopic (exact) mass is 331 g/mol. The first-order valence-corrected chi connectivity index (χ1v) is 9.14. The van der Waals surface area contributed by atoms with Crippen molar-refractivity contribution in [1.29, 1.82) is 0 Å². The lowest BCUT2D eigenvalue weighted by molar-refractivity contribution is -0.139. The van der Waals surface area contributed by atoms with Crippen LogP contribution >= 0.6 is 0 Å². The second kappa shape index (κ2) is 7.99. The molecule has 3 atom stereocenters. The third kappa shape index (κ3) is 4.08. The molecule has 0 spiro atoms. The molecule has 24 heavy (non-hydrogen) atoms. The molecular formula is C19H29N3O2. The average molecular weight is 331 g/mol. The fourth-order valence-corrected chi connectivity index (χ4v) is 3.76. The van der Waals surface area contributed by atoms with E-state index >= 15 is 0 Å². The van der Waals surface area contributed by atoms with Gasteiger partial charge in [-0.1, -0.05) is 24.8 Å². The maximum atomic E-state index is 12.8. The number of nitrogens with one attached hydrogen (secondary N) is 3. The van der Waals surface area contributed by atoms with Gasteiger partial charge in [0, 0.05) is 12.5 Å². The summed E-state index contributed by atoms with van der Waals surface area (Å²) in [5, 5.41) is 6.76. The molecule has 0 bridgehead atoms. The second-order valence-electron chi connectivity index (χ2n) is 7.02.